The van der Waals surface area contributed by atoms with E-state index in [2.05, 4.69) is 23.5 Å². The van der Waals surface area contributed by atoms with Crippen molar-refractivity contribution in [1.82, 2.24) is 5.32 Å². The average Bonchev–Trinajstić information content (AvgIpc) is 2.10. The summed E-state index contributed by atoms with van der Waals surface area (Å²) < 4.78 is 0. The highest BCUT2D eigenvalue weighted by atomic mass is 16.4. The van der Waals surface area contributed by atoms with Crippen molar-refractivity contribution in [3.05, 3.63) is 37.2 Å². The Balaban J connectivity index is 4.08. The minimum Gasteiger partial charge on any atom is -0.480 e. The van der Waals surface area contributed by atoms with Crippen molar-refractivity contribution in [2.24, 2.45) is 4.99 Å². The summed E-state index contributed by atoms with van der Waals surface area (Å²) in [6.07, 6.45) is 6.00. The van der Waals surface area contributed by atoms with E-state index in [1.807, 2.05) is 0 Å². The predicted octanol–water partition coefficient (Wildman–Crippen LogP) is 0.945. The van der Waals surface area contributed by atoms with Gasteiger partial charge in [-0.2, -0.15) is 0 Å². The lowest BCUT2D eigenvalue weighted by Gasteiger charge is -2.01. The Kier molecular flexibility index (Phi) is 5.88. The fourth-order valence-corrected chi connectivity index (χ4v) is 0.561. The molecule has 0 atom stereocenters. The maximum absolute atomic E-state index is 10.2. The number of hydrogen-bond donors (Lipinski definition) is 2. The molecule has 0 aliphatic heterocycles. The highest BCUT2D eigenvalue weighted by Gasteiger charge is 1.94. The van der Waals surface area contributed by atoms with E-state index in [1.54, 1.807) is 6.08 Å². The number of allylic oxidation sites excluding steroid dienone is 2. The van der Waals surface area contributed by atoms with Gasteiger partial charge < -0.3 is 10.4 Å². The Morgan fingerprint density at radius 1 is 1.54 bits per heavy atom. The number of carboxylic acid groups (broad SMARTS) is 1. The van der Waals surface area contributed by atoms with Gasteiger partial charge in [0, 0.05) is 18.1 Å². The van der Waals surface area contributed by atoms with Gasteiger partial charge in [-0.3, -0.25) is 9.79 Å². The van der Waals surface area contributed by atoms with Crippen LogP contribution >= 0.6 is 0 Å². The molecular formula is C9H12N2O2. The molecule has 0 radical (unpaired) electrons. The first-order valence-corrected chi connectivity index (χ1v) is 3.63. The zero-order valence-electron chi connectivity index (χ0n) is 7.23. The van der Waals surface area contributed by atoms with Crippen LogP contribution in [-0.2, 0) is 4.79 Å². The predicted molar refractivity (Wildman–Crippen MR) is 52.6 cm³/mol. The first-order valence-electron chi connectivity index (χ1n) is 3.63. The number of hydrogen-bond acceptors (Lipinski definition) is 3. The number of nitrogens with one attached hydrogen (secondary N) is 1. The quantitative estimate of drug-likeness (QED) is 0.472. The average molecular weight is 180 g/mol. The molecule has 0 amide bonds. The largest absolute Gasteiger partial charge is 0.480 e. The molecule has 0 bridgehead atoms. The van der Waals surface area contributed by atoms with E-state index >= 15 is 0 Å². The first-order chi connectivity index (χ1) is 6.20. The third kappa shape index (κ3) is 6.55. The van der Waals surface area contributed by atoms with Gasteiger partial charge in [0.05, 0.1) is 0 Å². The number of carboxylic acids is 1. The molecular weight excluding hydrogens is 168 g/mol. The van der Waals surface area contributed by atoms with E-state index in [0.717, 1.165) is 0 Å². The lowest BCUT2D eigenvalue weighted by molar-refractivity contribution is -0.135. The highest BCUT2D eigenvalue weighted by Crippen LogP contribution is 1.87. The van der Waals surface area contributed by atoms with Crippen LogP contribution in [0.25, 0.3) is 0 Å². The molecule has 70 valence electrons. The van der Waals surface area contributed by atoms with Crippen molar-refractivity contribution >= 4 is 12.2 Å². The number of aliphatic imine (C=N–C) groups is 1. The fourth-order valence-electron chi connectivity index (χ4n) is 0.561. The molecule has 0 aromatic carbocycles. The van der Waals surface area contributed by atoms with Crippen LogP contribution in [0.15, 0.2) is 42.2 Å². The van der Waals surface area contributed by atoms with E-state index < -0.39 is 5.97 Å². The summed E-state index contributed by atoms with van der Waals surface area (Å²) in [7, 11) is 0. The van der Waals surface area contributed by atoms with E-state index in [9.17, 15) is 4.79 Å². The van der Waals surface area contributed by atoms with Crippen molar-refractivity contribution in [2.45, 2.75) is 0 Å². The molecule has 13 heavy (non-hydrogen) atoms. The first kappa shape index (κ1) is 11.2. The van der Waals surface area contributed by atoms with E-state index in [4.69, 9.17) is 5.11 Å². The third-order valence-electron chi connectivity index (χ3n) is 1.11. The zero-order valence-corrected chi connectivity index (χ0v) is 7.23. The Morgan fingerprint density at radius 2 is 2.23 bits per heavy atom. The van der Waals surface area contributed by atoms with Gasteiger partial charge in [-0.05, 0) is 12.2 Å². The molecule has 0 rings (SSSR count). The zero-order chi connectivity index (χ0) is 10.1. The van der Waals surface area contributed by atoms with E-state index in [-0.39, 0.29) is 6.54 Å². The van der Waals surface area contributed by atoms with Crippen molar-refractivity contribution in [1.29, 1.82) is 0 Å². The van der Waals surface area contributed by atoms with Gasteiger partial charge in [0.2, 0.25) is 0 Å². The standard InChI is InChI=1S/C9H12N2O2/c1-3-8(5-6-10-4-2)11-7-9(12)13/h3-6,11H,1-2,7H2,(H,12,13)/b8-5+,10-6-. The molecule has 0 unspecified atom stereocenters. The van der Waals surface area contributed by atoms with Crippen molar-refractivity contribution < 1.29 is 9.90 Å². The molecule has 0 aliphatic carbocycles. The van der Waals surface area contributed by atoms with Crippen LogP contribution in [-0.4, -0.2) is 23.8 Å². The van der Waals surface area contributed by atoms with Crippen LogP contribution in [0.5, 0.6) is 0 Å². The maximum atomic E-state index is 10.2. The van der Waals surface area contributed by atoms with Crippen molar-refractivity contribution in [3.63, 3.8) is 0 Å². The van der Waals surface area contributed by atoms with Crippen LogP contribution < -0.4 is 5.32 Å². The second-order valence-corrected chi connectivity index (χ2v) is 2.05. The molecule has 4 heteroatoms. The minimum atomic E-state index is -0.923. The Hall–Kier alpha value is -1.84. The Labute approximate surface area is 77.0 Å². The number of carbonyl (C=O) groups is 1. The van der Waals surface area contributed by atoms with Crippen LogP contribution in [0.2, 0.25) is 0 Å². The summed E-state index contributed by atoms with van der Waals surface area (Å²) in [4.78, 5) is 13.9. The summed E-state index contributed by atoms with van der Waals surface area (Å²) >= 11 is 0. The van der Waals surface area contributed by atoms with Gasteiger partial charge in [-0.25, -0.2) is 0 Å². The molecule has 0 aromatic heterocycles. The van der Waals surface area contributed by atoms with Crippen molar-refractivity contribution in [2.75, 3.05) is 6.54 Å². The van der Waals surface area contributed by atoms with Gasteiger partial charge >= 0.3 is 5.97 Å². The van der Waals surface area contributed by atoms with Gasteiger partial charge in [0.25, 0.3) is 0 Å². The smallest absolute Gasteiger partial charge is 0.322 e. The van der Waals surface area contributed by atoms with E-state index in [0.29, 0.717) is 5.70 Å². The van der Waals surface area contributed by atoms with Gasteiger partial charge in [0.1, 0.15) is 6.54 Å². The molecule has 0 saturated carbocycles. The van der Waals surface area contributed by atoms with Crippen LogP contribution in [0, 0.1) is 0 Å². The SMILES string of the molecule is C=C/N=C\C=C(/C=C)NCC(=O)O. The summed E-state index contributed by atoms with van der Waals surface area (Å²) in [5.74, 6) is -0.923. The number of aliphatic carboxylic acids is 1. The molecule has 0 heterocycles. The Morgan fingerprint density at radius 3 is 2.69 bits per heavy atom. The second kappa shape index (κ2) is 6.84. The van der Waals surface area contributed by atoms with Crippen LogP contribution in [0.4, 0.5) is 0 Å². The monoisotopic (exact) mass is 180 g/mol. The molecule has 0 aromatic rings. The maximum Gasteiger partial charge on any atom is 0.322 e. The fraction of sp³-hybridized carbons (Fsp3) is 0.111. The molecule has 0 fully saturated rings. The summed E-state index contributed by atoms with van der Waals surface area (Å²) in [6, 6.07) is 0. The summed E-state index contributed by atoms with van der Waals surface area (Å²) in [5, 5.41) is 11.0. The van der Waals surface area contributed by atoms with Gasteiger partial charge in [-0.15, -0.1) is 0 Å². The van der Waals surface area contributed by atoms with Gasteiger partial charge in [0.15, 0.2) is 0 Å². The lowest BCUT2D eigenvalue weighted by atomic mass is 10.4. The van der Waals surface area contributed by atoms with Crippen molar-refractivity contribution in [3.8, 4) is 0 Å². The highest BCUT2D eigenvalue weighted by molar-refractivity contribution is 5.74. The summed E-state index contributed by atoms with van der Waals surface area (Å²) in [5.41, 5.74) is 0.605. The minimum absolute atomic E-state index is 0.139. The molecule has 0 spiro atoms. The second-order valence-electron chi connectivity index (χ2n) is 2.05. The van der Waals surface area contributed by atoms with Crippen LogP contribution in [0.1, 0.15) is 0 Å². The van der Waals surface area contributed by atoms with Gasteiger partial charge in [-0.1, -0.05) is 13.2 Å². The number of rotatable bonds is 6. The van der Waals surface area contributed by atoms with Crippen LogP contribution in [0.3, 0.4) is 0 Å². The molecule has 0 saturated heterocycles. The molecule has 4 nitrogen and oxygen atoms in total. The topological polar surface area (TPSA) is 61.7 Å². The number of nitrogens with zero attached hydrogens (tertiary/aromatic N) is 1. The third-order valence-corrected chi connectivity index (χ3v) is 1.11. The summed E-state index contributed by atoms with van der Waals surface area (Å²) in [6.45, 7) is 6.76. The lowest BCUT2D eigenvalue weighted by Crippen LogP contribution is -2.20. The molecule has 0 aliphatic rings. The Bertz CT molecular complexity index is 254. The van der Waals surface area contributed by atoms with E-state index in [1.165, 1.54) is 18.5 Å². The molecule has 2 N–H and O–H groups in total. The normalized spacial score (nSPS) is 11.2.